The lowest BCUT2D eigenvalue weighted by molar-refractivity contribution is -0.129. The number of aromatic nitrogens is 2. The van der Waals surface area contributed by atoms with Crippen molar-refractivity contribution < 1.29 is 15.0 Å². The maximum atomic E-state index is 11.5. The van der Waals surface area contributed by atoms with Gasteiger partial charge in [0.05, 0.1) is 5.02 Å². The number of carbonyl (C=O) groups is 1. The molecule has 0 saturated carbocycles. The zero-order chi connectivity index (χ0) is 15.1. The Morgan fingerprint density at radius 3 is 2.86 bits per heavy atom. The largest absolute Gasteiger partial charge is 0.507 e. The fraction of sp³-hybridized carbons (Fsp3) is 0.286. The zero-order valence-corrected chi connectivity index (χ0v) is 12.1. The van der Waals surface area contributed by atoms with E-state index in [-0.39, 0.29) is 22.4 Å². The minimum atomic E-state index is -0.187. The summed E-state index contributed by atoms with van der Waals surface area (Å²) in [5.74, 6) is -0.292. The highest BCUT2D eigenvalue weighted by Crippen LogP contribution is 2.39. The molecule has 2 aromatic rings. The Hall–Kier alpha value is -2.21. The van der Waals surface area contributed by atoms with Gasteiger partial charge in [-0.1, -0.05) is 11.6 Å². The lowest BCUT2D eigenvalue weighted by Crippen LogP contribution is -2.34. The van der Waals surface area contributed by atoms with Crippen molar-refractivity contribution in [1.29, 1.82) is 0 Å². The van der Waals surface area contributed by atoms with E-state index in [0.717, 1.165) is 11.3 Å². The normalized spacial score (nSPS) is 14.1. The first-order valence-corrected chi connectivity index (χ1v) is 6.88. The van der Waals surface area contributed by atoms with Crippen molar-refractivity contribution in [2.24, 2.45) is 0 Å². The maximum Gasteiger partial charge on any atom is 0.219 e. The van der Waals surface area contributed by atoms with Crippen LogP contribution >= 0.6 is 11.6 Å². The van der Waals surface area contributed by atoms with Gasteiger partial charge in [-0.3, -0.25) is 9.89 Å². The summed E-state index contributed by atoms with van der Waals surface area (Å²) in [7, 11) is 0. The van der Waals surface area contributed by atoms with Gasteiger partial charge >= 0.3 is 0 Å². The lowest BCUT2D eigenvalue weighted by atomic mass is 10.0. The Labute approximate surface area is 126 Å². The summed E-state index contributed by atoms with van der Waals surface area (Å²) in [6.07, 6.45) is 0.689. The highest BCUT2D eigenvalue weighted by molar-refractivity contribution is 6.32. The summed E-state index contributed by atoms with van der Waals surface area (Å²) in [6, 6.07) is 2.65. The number of hydrogen-bond donors (Lipinski definition) is 3. The number of hydrogen-bond acceptors (Lipinski definition) is 4. The van der Waals surface area contributed by atoms with Crippen molar-refractivity contribution in [3.8, 4) is 22.8 Å². The van der Waals surface area contributed by atoms with Crippen LogP contribution in [0, 0.1) is 0 Å². The minimum Gasteiger partial charge on any atom is -0.507 e. The zero-order valence-electron chi connectivity index (χ0n) is 11.4. The number of amides is 1. The first-order chi connectivity index (χ1) is 9.97. The molecule has 0 spiro atoms. The smallest absolute Gasteiger partial charge is 0.219 e. The van der Waals surface area contributed by atoms with E-state index in [1.165, 1.54) is 19.1 Å². The van der Waals surface area contributed by atoms with Crippen LogP contribution in [-0.2, 0) is 17.8 Å². The first-order valence-electron chi connectivity index (χ1n) is 6.51. The molecule has 0 saturated heterocycles. The van der Waals surface area contributed by atoms with E-state index in [0.29, 0.717) is 30.8 Å². The Morgan fingerprint density at radius 1 is 1.38 bits per heavy atom. The molecule has 0 aliphatic carbocycles. The van der Waals surface area contributed by atoms with Gasteiger partial charge in [-0.05, 0) is 6.07 Å². The van der Waals surface area contributed by atoms with Crippen molar-refractivity contribution in [2.75, 3.05) is 6.54 Å². The summed E-state index contributed by atoms with van der Waals surface area (Å²) in [6.45, 7) is 2.61. The number of rotatable bonds is 1. The molecule has 0 unspecified atom stereocenters. The van der Waals surface area contributed by atoms with Gasteiger partial charge < -0.3 is 15.1 Å². The van der Waals surface area contributed by atoms with Crippen LogP contribution in [0.3, 0.4) is 0 Å². The summed E-state index contributed by atoms with van der Waals surface area (Å²) in [4.78, 5) is 13.3. The van der Waals surface area contributed by atoms with Gasteiger partial charge in [0.1, 0.15) is 17.2 Å². The summed E-state index contributed by atoms with van der Waals surface area (Å²) in [5.41, 5.74) is 2.80. The van der Waals surface area contributed by atoms with Crippen molar-refractivity contribution in [3.63, 3.8) is 0 Å². The van der Waals surface area contributed by atoms with Crippen LogP contribution < -0.4 is 0 Å². The molecule has 3 N–H and O–H groups in total. The van der Waals surface area contributed by atoms with Crippen LogP contribution in [-0.4, -0.2) is 37.8 Å². The summed E-state index contributed by atoms with van der Waals surface area (Å²) < 4.78 is 0. The molecular weight excluding hydrogens is 294 g/mol. The fourth-order valence-corrected chi connectivity index (χ4v) is 2.69. The third-order valence-corrected chi connectivity index (χ3v) is 4.00. The van der Waals surface area contributed by atoms with E-state index < -0.39 is 0 Å². The quantitative estimate of drug-likeness (QED) is 0.752. The van der Waals surface area contributed by atoms with E-state index in [1.807, 2.05) is 0 Å². The molecule has 7 heteroatoms. The predicted octanol–water partition coefficient (Wildman–Crippen LogP) is 2.05. The number of aromatic hydroxyl groups is 2. The van der Waals surface area contributed by atoms with Crippen molar-refractivity contribution in [1.82, 2.24) is 15.1 Å². The predicted molar refractivity (Wildman–Crippen MR) is 77.2 cm³/mol. The highest BCUT2D eigenvalue weighted by Gasteiger charge is 2.25. The number of carbonyl (C=O) groups excluding carboxylic acids is 1. The third kappa shape index (κ3) is 2.31. The van der Waals surface area contributed by atoms with Crippen molar-refractivity contribution in [2.45, 2.75) is 19.9 Å². The van der Waals surface area contributed by atoms with Crippen LogP contribution in [0.1, 0.15) is 18.2 Å². The minimum absolute atomic E-state index is 0.000704. The average Bonchev–Trinajstić information content (AvgIpc) is 2.85. The van der Waals surface area contributed by atoms with Crippen LogP contribution in [0.5, 0.6) is 11.5 Å². The van der Waals surface area contributed by atoms with Crippen LogP contribution in [0.15, 0.2) is 12.1 Å². The summed E-state index contributed by atoms with van der Waals surface area (Å²) in [5, 5.41) is 26.8. The van der Waals surface area contributed by atoms with E-state index in [4.69, 9.17) is 11.6 Å². The second-order valence-corrected chi connectivity index (χ2v) is 5.45. The lowest BCUT2D eigenvalue weighted by Gasteiger charge is -2.26. The molecule has 6 nitrogen and oxygen atoms in total. The highest BCUT2D eigenvalue weighted by atomic mass is 35.5. The van der Waals surface area contributed by atoms with E-state index >= 15 is 0 Å². The Kier molecular flexibility index (Phi) is 3.25. The number of halogens is 1. The molecule has 0 radical (unpaired) electrons. The average molecular weight is 308 g/mol. The first kappa shape index (κ1) is 13.8. The second-order valence-electron chi connectivity index (χ2n) is 5.04. The van der Waals surface area contributed by atoms with Crippen LogP contribution in [0.25, 0.3) is 11.3 Å². The molecule has 1 aliphatic rings. The van der Waals surface area contributed by atoms with E-state index in [9.17, 15) is 15.0 Å². The molecule has 1 aromatic carbocycles. The molecule has 110 valence electrons. The van der Waals surface area contributed by atoms with Gasteiger partial charge in [0, 0.05) is 49.3 Å². The molecule has 21 heavy (non-hydrogen) atoms. The van der Waals surface area contributed by atoms with Gasteiger partial charge in [-0.25, -0.2) is 0 Å². The number of phenols is 2. The number of nitrogens with zero attached hydrogens (tertiary/aromatic N) is 2. The standard InChI is InChI=1S/C14H14ClN3O3/c1-7(19)18-3-2-11-9(6-18)14(17-16-11)8-4-10(15)13(21)5-12(8)20/h4-5,20-21H,2-3,6H2,1H3,(H,16,17). The number of nitrogens with one attached hydrogen (secondary N) is 1. The van der Waals surface area contributed by atoms with Gasteiger partial charge in [-0.2, -0.15) is 5.10 Å². The molecule has 3 rings (SSSR count). The number of H-pyrrole nitrogens is 1. The van der Waals surface area contributed by atoms with Gasteiger partial charge in [0.25, 0.3) is 0 Å². The topological polar surface area (TPSA) is 89.5 Å². The van der Waals surface area contributed by atoms with Crippen LogP contribution in [0.2, 0.25) is 5.02 Å². The fourth-order valence-electron chi connectivity index (χ4n) is 2.53. The Balaban J connectivity index is 2.08. The molecule has 0 bridgehead atoms. The molecule has 0 atom stereocenters. The number of aromatic amines is 1. The second kappa shape index (κ2) is 4.96. The molecule has 2 heterocycles. The van der Waals surface area contributed by atoms with Crippen molar-refractivity contribution >= 4 is 17.5 Å². The third-order valence-electron chi connectivity index (χ3n) is 3.70. The number of benzene rings is 1. The SMILES string of the molecule is CC(=O)N1CCc2[nH]nc(-c3cc(Cl)c(O)cc3O)c2C1. The number of phenolic OH excluding ortho intramolecular Hbond substituents is 2. The maximum absolute atomic E-state index is 11.5. The van der Waals surface area contributed by atoms with Crippen LogP contribution in [0.4, 0.5) is 0 Å². The Morgan fingerprint density at radius 2 is 2.14 bits per heavy atom. The van der Waals surface area contributed by atoms with Gasteiger partial charge in [0.2, 0.25) is 5.91 Å². The van der Waals surface area contributed by atoms with E-state index in [2.05, 4.69) is 10.2 Å². The number of fused-ring (bicyclic) bond motifs is 1. The Bertz CT molecular complexity index is 726. The molecule has 1 aromatic heterocycles. The van der Waals surface area contributed by atoms with Gasteiger partial charge in [0.15, 0.2) is 0 Å². The summed E-state index contributed by atoms with van der Waals surface area (Å²) >= 11 is 5.90. The van der Waals surface area contributed by atoms with Gasteiger partial charge in [-0.15, -0.1) is 0 Å². The molecule has 1 amide bonds. The monoisotopic (exact) mass is 307 g/mol. The van der Waals surface area contributed by atoms with Crippen molar-refractivity contribution in [3.05, 3.63) is 28.4 Å². The molecular formula is C14H14ClN3O3. The molecule has 1 aliphatic heterocycles. The molecule has 0 fully saturated rings. The van der Waals surface area contributed by atoms with E-state index in [1.54, 1.807) is 4.90 Å².